The molecule has 4 heteroatoms. The van der Waals surface area contributed by atoms with Crippen molar-refractivity contribution in [1.29, 1.82) is 0 Å². The van der Waals surface area contributed by atoms with Crippen LogP contribution in [0.3, 0.4) is 0 Å². The van der Waals surface area contributed by atoms with Crippen molar-refractivity contribution in [2.45, 2.75) is 32.4 Å². The van der Waals surface area contributed by atoms with Crippen molar-refractivity contribution < 1.29 is 13.2 Å². The molecule has 1 aromatic rings. The van der Waals surface area contributed by atoms with Crippen molar-refractivity contribution in [1.82, 2.24) is 0 Å². The molecule has 0 aromatic heterocycles. The molecule has 0 saturated heterocycles. The van der Waals surface area contributed by atoms with Crippen LogP contribution in [0.25, 0.3) is 0 Å². The maximum Gasteiger partial charge on any atom is 0.154 e. The Morgan fingerprint density at radius 3 is 2.47 bits per heavy atom. The fraction of sp³-hybridized carbons (Fsp3) is 0.462. The SMILES string of the molecule is CC(=O)CCCS(=O)(=O)Cc1ccccc1C. The molecule has 0 aliphatic carbocycles. The van der Waals surface area contributed by atoms with Crippen LogP contribution >= 0.6 is 0 Å². The predicted molar refractivity (Wildman–Crippen MR) is 68.6 cm³/mol. The molecule has 0 atom stereocenters. The molecule has 0 N–H and O–H groups in total. The van der Waals surface area contributed by atoms with Gasteiger partial charge in [-0.25, -0.2) is 8.42 Å². The van der Waals surface area contributed by atoms with E-state index in [2.05, 4.69) is 0 Å². The van der Waals surface area contributed by atoms with Crippen LogP contribution < -0.4 is 0 Å². The van der Waals surface area contributed by atoms with Gasteiger partial charge in [0.1, 0.15) is 5.78 Å². The summed E-state index contributed by atoms with van der Waals surface area (Å²) in [5.74, 6) is 0.189. The van der Waals surface area contributed by atoms with Gasteiger partial charge in [0.2, 0.25) is 0 Å². The minimum Gasteiger partial charge on any atom is -0.300 e. The number of sulfone groups is 1. The third kappa shape index (κ3) is 5.13. The average molecular weight is 254 g/mol. The van der Waals surface area contributed by atoms with Crippen LogP contribution in [0, 0.1) is 6.92 Å². The summed E-state index contributed by atoms with van der Waals surface area (Å²) in [7, 11) is -3.11. The maximum absolute atomic E-state index is 11.8. The van der Waals surface area contributed by atoms with Crippen LogP contribution in [0.4, 0.5) is 0 Å². The number of benzene rings is 1. The smallest absolute Gasteiger partial charge is 0.154 e. The molecular formula is C13H18O3S. The van der Waals surface area contributed by atoms with Gasteiger partial charge >= 0.3 is 0 Å². The van der Waals surface area contributed by atoms with E-state index in [1.54, 1.807) is 0 Å². The van der Waals surface area contributed by atoms with Gasteiger partial charge in [-0.15, -0.1) is 0 Å². The highest BCUT2D eigenvalue weighted by Crippen LogP contribution is 2.12. The van der Waals surface area contributed by atoms with Gasteiger partial charge in [0, 0.05) is 6.42 Å². The number of hydrogen-bond acceptors (Lipinski definition) is 3. The van der Waals surface area contributed by atoms with Crippen molar-refractivity contribution in [2.24, 2.45) is 0 Å². The van der Waals surface area contributed by atoms with Crippen LogP contribution in [0.1, 0.15) is 30.9 Å². The first kappa shape index (κ1) is 13.9. The quantitative estimate of drug-likeness (QED) is 0.782. The molecule has 3 nitrogen and oxygen atoms in total. The molecule has 0 heterocycles. The molecule has 0 radical (unpaired) electrons. The van der Waals surface area contributed by atoms with Crippen molar-refractivity contribution in [3.05, 3.63) is 35.4 Å². The molecule has 17 heavy (non-hydrogen) atoms. The van der Waals surface area contributed by atoms with Crippen molar-refractivity contribution in [3.63, 3.8) is 0 Å². The van der Waals surface area contributed by atoms with E-state index in [-0.39, 0.29) is 17.3 Å². The van der Waals surface area contributed by atoms with Gasteiger partial charge in [0.15, 0.2) is 9.84 Å². The first-order valence-corrected chi connectivity index (χ1v) is 7.47. The lowest BCUT2D eigenvalue weighted by Gasteiger charge is -2.06. The highest BCUT2D eigenvalue weighted by Gasteiger charge is 2.13. The molecule has 94 valence electrons. The fourth-order valence-electron chi connectivity index (χ4n) is 1.62. The second kappa shape index (κ2) is 5.96. The zero-order valence-corrected chi connectivity index (χ0v) is 11.1. The second-order valence-corrected chi connectivity index (χ2v) is 6.51. The van der Waals surface area contributed by atoms with Crippen LogP contribution in [0.2, 0.25) is 0 Å². The third-order valence-electron chi connectivity index (χ3n) is 2.62. The summed E-state index contributed by atoms with van der Waals surface area (Å²) in [5.41, 5.74) is 1.83. The van der Waals surface area contributed by atoms with Crippen LogP contribution in [-0.4, -0.2) is 20.0 Å². The van der Waals surface area contributed by atoms with E-state index >= 15 is 0 Å². The Bertz CT molecular complexity index is 489. The largest absolute Gasteiger partial charge is 0.300 e. The van der Waals surface area contributed by atoms with E-state index in [0.29, 0.717) is 12.8 Å². The van der Waals surface area contributed by atoms with Gasteiger partial charge in [0.25, 0.3) is 0 Å². The van der Waals surface area contributed by atoms with Crippen molar-refractivity contribution >= 4 is 15.6 Å². The van der Waals surface area contributed by atoms with E-state index < -0.39 is 9.84 Å². The molecule has 0 bridgehead atoms. The molecule has 0 fully saturated rings. The van der Waals surface area contributed by atoms with Gasteiger partial charge in [-0.05, 0) is 31.4 Å². The van der Waals surface area contributed by atoms with Crippen molar-refractivity contribution in [2.75, 3.05) is 5.75 Å². The predicted octanol–water partition coefficient (Wildman–Crippen LogP) is 2.28. The number of ketones is 1. The van der Waals surface area contributed by atoms with E-state index in [1.165, 1.54) is 6.92 Å². The van der Waals surface area contributed by atoms with E-state index in [0.717, 1.165) is 11.1 Å². The lowest BCUT2D eigenvalue weighted by atomic mass is 10.1. The van der Waals surface area contributed by atoms with E-state index in [1.807, 2.05) is 31.2 Å². The molecule has 0 aliphatic rings. The van der Waals surface area contributed by atoms with Gasteiger partial charge in [-0.2, -0.15) is 0 Å². The second-order valence-electron chi connectivity index (χ2n) is 4.32. The summed E-state index contributed by atoms with van der Waals surface area (Å²) in [5, 5.41) is 0. The standard InChI is InChI=1S/C13H18O3S/c1-11-6-3-4-8-13(11)10-17(15,16)9-5-7-12(2)14/h3-4,6,8H,5,7,9-10H2,1-2H3. The number of hydrogen-bond donors (Lipinski definition) is 0. The first-order chi connectivity index (χ1) is 7.91. The lowest BCUT2D eigenvalue weighted by molar-refractivity contribution is -0.117. The zero-order chi connectivity index (χ0) is 12.9. The van der Waals surface area contributed by atoms with Gasteiger partial charge in [-0.3, -0.25) is 0 Å². The molecule has 0 saturated carbocycles. The van der Waals surface area contributed by atoms with Crippen LogP contribution in [-0.2, 0) is 20.4 Å². The number of aryl methyl sites for hydroxylation is 1. The van der Waals surface area contributed by atoms with Gasteiger partial charge < -0.3 is 4.79 Å². The van der Waals surface area contributed by atoms with E-state index in [9.17, 15) is 13.2 Å². The molecule has 1 aromatic carbocycles. The fourth-order valence-corrected chi connectivity index (χ4v) is 3.15. The minimum atomic E-state index is -3.11. The summed E-state index contributed by atoms with van der Waals surface area (Å²) in [6.07, 6.45) is 0.760. The Labute approximate surface area is 103 Å². The number of carbonyl (C=O) groups excluding carboxylic acids is 1. The molecule has 0 spiro atoms. The summed E-state index contributed by atoms with van der Waals surface area (Å²) in [6, 6.07) is 7.47. The highest BCUT2D eigenvalue weighted by molar-refractivity contribution is 7.90. The molecule has 1 rings (SSSR count). The Hall–Kier alpha value is -1.16. The molecule has 0 aliphatic heterocycles. The van der Waals surface area contributed by atoms with Crippen molar-refractivity contribution in [3.8, 4) is 0 Å². The number of rotatable bonds is 6. The summed E-state index contributed by atoms with van der Waals surface area (Å²) in [4.78, 5) is 10.7. The number of Topliss-reactive ketones (excluding diaryl/α,β-unsaturated/α-hetero) is 1. The lowest BCUT2D eigenvalue weighted by Crippen LogP contribution is -2.11. The van der Waals surface area contributed by atoms with Gasteiger partial charge in [-0.1, -0.05) is 24.3 Å². The number of carbonyl (C=O) groups is 1. The monoisotopic (exact) mass is 254 g/mol. The van der Waals surface area contributed by atoms with E-state index in [4.69, 9.17) is 0 Å². The first-order valence-electron chi connectivity index (χ1n) is 5.65. The molecule has 0 unspecified atom stereocenters. The molecular weight excluding hydrogens is 236 g/mol. The highest BCUT2D eigenvalue weighted by atomic mass is 32.2. The average Bonchev–Trinajstić information content (AvgIpc) is 2.20. The summed E-state index contributed by atoms with van der Waals surface area (Å²) < 4.78 is 23.6. The molecule has 0 amide bonds. The normalized spacial score (nSPS) is 11.4. The van der Waals surface area contributed by atoms with Crippen LogP contribution in [0.15, 0.2) is 24.3 Å². The minimum absolute atomic E-state index is 0.0380. The van der Waals surface area contributed by atoms with Crippen LogP contribution in [0.5, 0.6) is 0 Å². The Balaban J connectivity index is 2.61. The topological polar surface area (TPSA) is 51.2 Å². The summed E-state index contributed by atoms with van der Waals surface area (Å²) >= 11 is 0. The maximum atomic E-state index is 11.8. The Morgan fingerprint density at radius 2 is 1.88 bits per heavy atom. The van der Waals surface area contributed by atoms with Gasteiger partial charge in [0.05, 0.1) is 11.5 Å². The summed E-state index contributed by atoms with van der Waals surface area (Å²) in [6.45, 7) is 3.38. The Morgan fingerprint density at radius 1 is 1.24 bits per heavy atom. The Kier molecular flexibility index (Phi) is 4.87. The third-order valence-corrected chi connectivity index (χ3v) is 4.28. The zero-order valence-electron chi connectivity index (χ0n) is 10.3.